The van der Waals surface area contributed by atoms with E-state index in [2.05, 4.69) is 4.98 Å². The van der Waals surface area contributed by atoms with Crippen molar-refractivity contribution in [2.24, 2.45) is 0 Å². The van der Waals surface area contributed by atoms with Gasteiger partial charge >= 0.3 is 0 Å². The van der Waals surface area contributed by atoms with Crippen molar-refractivity contribution in [2.45, 2.75) is 19.4 Å². The van der Waals surface area contributed by atoms with Crippen molar-refractivity contribution >= 4 is 5.91 Å². The molecule has 0 N–H and O–H groups in total. The Morgan fingerprint density at radius 3 is 2.71 bits per heavy atom. The van der Waals surface area contributed by atoms with Gasteiger partial charge < -0.3 is 9.47 Å². The third kappa shape index (κ3) is 3.05. The van der Waals surface area contributed by atoms with Crippen LogP contribution in [-0.4, -0.2) is 34.5 Å². The minimum absolute atomic E-state index is 0.0455. The molecule has 0 aliphatic heterocycles. The summed E-state index contributed by atoms with van der Waals surface area (Å²) in [6.07, 6.45) is 2.49. The zero-order valence-corrected chi connectivity index (χ0v) is 9.84. The van der Waals surface area contributed by atoms with E-state index in [-0.39, 0.29) is 17.3 Å². The maximum absolute atomic E-state index is 11.3. The maximum Gasteiger partial charge on any atom is 0.222 e. The molecule has 0 spiro atoms. The highest BCUT2D eigenvalue weighted by Gasteiger charge is 2.10. The fourth-order valence-corrected chi connectivity index (χ4v) is 1.38. The molecular weight excluding hydrogens is 218 g/mol. The molecule has 1 amide bonds. The van der Waals surface area contributed by atoms with Crippen molar-refractivity contribution in [1.82, 2.24) is 14.5 Å². The van der Waals surface area contributed by atoms with Gasteiger partial charge in [-0.3, -0.25) is 4.79 Å². The lowest BCUT2D eigenvalue weighted by molar-refractivity contribution is -0.128. The van der Waals surface area contributed by atoms with Gasteiger partial charge in [0.1, 0.15) is 12.1 Å². The van der Waals surface area contributed by atoms with Crippen LogP contribution in [0.1, 0.15) is 24.2 Å². The van der Waals surface area contributed by atoms with Crippen molar-refractivity contribution < 1.29 is 4.79 Å². The Labute approximate surface area is 99.7 Å². The molecule has 0 saturated heterocycles. The first-order valence-corrected chi connectivity index (χ1v) is 5.15. The van der Waals surface area contributed by atoms with Gasteiger partial charge in [0.05, 0.1) is 6.33 Å². The lowest BCUT2D eigenvalue weighted by Gasteiger charge is -2.10. The summed E-state index contributed by atoms with van der Waals surface area (Å²) in [7, 11) is 3.40. The number of amides is 1. The van der Waals surface area contributed by atoms with Crippen molar-refractivity contribution in [3.8, 4) is 12.1 Å². The molecule has 0 aliphatic carbocycles. The summed E-state index contributed by atoms with van der Waals surface area (Å²) in [5, 5.41) is 17.6. The molecule has 0 saturated carbocycles. The van der Waals surface area contributed by atoms with Crippen molar-refractivity contribution in [2.75, 3.05) is 14.1 Å². The van der Waals surface area contributed by atoms with Gasteiger partial charge in [-0.2, -0.15) is 10.5 Å². The fraction of sp³-hybridized carbons (Fsp3) is 0.455. The number of imidazole rings is 1. The van der Waals surface area contributed by atoms with Crippen molar-refractivity contribution in [3.63, 3.8) is 0 Å². The molecule has 0 fully saturated rings. The lowest BCUT2D eigenvalue weighted by Crippen LogP contribution is -2.21. The highest BCUT2D eigenvalue weighted by molar-refractivity contribution is 5.75. The fourth-order valence-electron chi connectivity index (χ4n) is 1.38. The third-order valence-electron chi connectivity index (χ3n) is 2.34. The molecule has 0 unspecified atom stereocenters. The summed E-state index contributed by atoms with van der Waals surface area (Å²) in [6, 6.07) is 3.79. The van der Waals surface area contributed by atoms with E-state index in [1.54, 1.807) is 18.7 Å². The van der Waals surface area contributed by atoms with Crippen LogP contribution in [-0.2, 0) is 11.3 Å². The smallest absolute Gasteiger partial charge is 0.222 e. The van der Waals surface area contributed by atoms with Crippen LogP contribution in [0.2, 0.25) is 0 Å². The van der Waals surface area contributed by atoms with Crippen LogP contribution in [0, 0.1) is 22.7 Å². The number of aromatic nitrogens is 2. The monoisotopic (exact) mass is 231 g/mol. The zero-order chi connectivity index (χ0) is 12.8. The largest absolute Gasteiger partial charge is 0.349 e. The molecule has 0 aromatic carbocycles. The van der Waals surface area contributed by atoms with Crippen LogP contribution in [0.25, 0.3) is 0 Å². The van der Waals surface area contributed by atoms with Gasteiger partial charge in [-0.05, 0) is 6.42 Å². The van der Waals surface area contributed by atoms with Gasteiger partial charge in [0.25, 0.3) is 0 Å². The molecule has 6 nitrogen and oxygen atoms in total. The molecule has 0 radical (unpaired) electrons. The third-order valence-corrected chi connectivity index (χ3v) is 2.34. The Morgan fingerprint density at radius 2 is 2.18 bits per heavy atom. The highest BCUT2D eigenvalue weighted by Crippen LogP contribution is 2.07. The molecule has 1 heterocycles. The standard InChI is InChI=1S/C11H13N5O/c1-15(2)11(17)4-3-5-16-8-14-9(6-12)10(16)7-13/h8H,3-5H2,1-2H3. The van der Waals surface area contributed by atoms with Gasteiger partial charge in [0.15, 0.2) is 11.4 Å². The van der Waals surface area contributed by atoms with E-state index in [1.807, 2.05) is 12.1 Å². The minimum Gasteiger partial charge on any atom is -0.349 e. The Balaban J connectivity index is 2.60. The van der Waals surface area contributed by atoms with E-state index in [0.29, 0.717) is 19.4 Å². The first-order valence-electron chi connectivity index (χ1n) is 5.15. The molecule has 0 bridgehead atoms. The summed E-state index contributed by atoms with van der Waals surface area (Å²) in [4.78, 5) is 16.7. The number of hydrogen-bond acceptors (Lipinski definition) is 4. The molecule has 6 heteroatoms. The summed E-state index contributed by atoms with van der Waals surface area (Å²) in [5.74, 6) is 0.0455. The second kappa shape index (κ2) is 5.66. The van der Waals surface area contributed by atoms with E-state index in [1.165, 1.54) is 11.2 Å². The van der Waals surface area contributed by atoms with Gasteiger partial charge in [-0.25, -0.2) is 4.98 Å². The van der Waals surface area contributed by atoms with Crippen LogP contribution in [0.4, 0.5) is 0 Å². The number of nitriles is 2. The van der Waals surface area contributed by atoms with Gasteiger partial charge in [-0.15, -0.1) is 0 Å². The number of rotatable bonds is 4. The average molecular weight is 231 g/mol. The van der Waals surface area contributed by atoms with Gasteiger partial charge in [0.2, 0.25) is 5.91 Å². The number of carbonyl (C=O) groups is 1. The number of aryl methyl sites for hydroxylation is 1. The van der Waals surface area contributed by atoms with Crippen molar-refractivity contribution in [1.29, 1.82) is 10.5 Å². The summed E-state index contributed by atoms with van der Waals surface area (Å²) >= 11 is 0. The summed E-state index contributed by atoms with van der Waals surface area (Å²) in [5.41, 5.74) is 0.385. The Hall–Kier alpha value is -2.34. The second-order valence-corrected chi connectivity index (χ2v) is 3.75. The molecule has 17 heavy (non-hydrogen) atoms. The average Bonchev–Trinajstić information content (AvgIpc) is 2.70. The maximum atomic E-state index is 11.3. The lowest BCUT2D eigenvalue weighted by atomic mass is 10.2. The van der Waals surface area contributed by atoms with Gasteiger partial charge in [0, 0.05) is 27.1 Å². The molecule has 88 valence electrons. The molecule has 0 atom stereocenters. The van der Waals surface area contributed by atoms with E-state index in [9.17, 15) is 4.79 Å². The van der Waals surface area contributed by atoms with Crippen LogP contribution < -0.4 is 0 Å². The summed E-state index contributed by atoms with van der Waals surface area (Å²) < 4.78 is 1.60. The van der Waals surface area contributed by atoms with E-state index >= 15 is 0 Å². The van der Waals surface area contributed by atoms with E-state index in [4.69, 9.17) is 10.5 Å². The Kier molecular flexibility index (Phi) is 4.24. The minimum atomic E-state index is 0.0455. The van der Waals surface area contributed by atoms with E-state index < -0.39 is 0 Å². The first-order chi connectivity index (χ1) is 8.10. The normalized spacial score (nSPS) is 9.41. The number of carbonyl (C=O) groups excluding carboxylic acids is 1. The van der Waals surface area contributed by atoms with Crippen LogP contribution in [0.15, 0.2) is 6.33 Å². The zero-order valence-electron chi connectivity index (χ0n) is 9.84. The predicted molar refractivity (Wildman–Crippen MR) is 59.6 cm³/mol. The van der Waals surface area contributed by atoms with Crippen LogP contribution >= 0.6 is 0 Å². The van der Waals surface area contributed by atoms with Gasteiger partial charge in [-0.1, -0.05) is 0 Å². The predicted octanol–water partition coefficient (Wildman–Crippen LogP) is 0.495. The van der Waals surface area contributed by atoms with Crippen molar-refractivity contribution in [3.05, 3.63) is 17.7 Å². The molecule has 0 aliphatic rings. The SMILES string of the molecule is CN(C)C(=O)CCCn1cnc(C#N)c1C#N. The van der Waals surface area contributed by atoms with Crippen LogP contribution in [0.5, 0.6) is 0 Å². The number of hydrogen-bond donors (Lipinski definition) is 0. The second-order valence-electron chi connectivity index (χ2n) is 3.75. The van der Waals surface area contributed by atoms with Crippen LogP contribution in [0.3, 0.4) is 0 Å². The van der Waals surface area contributed by atoms with E-state index in [0.717, 1.165) is 0 Å². The topological polar surface area (TPSA) is 85.7 Å². The Morgan fingerprint density at radius 1 is 1.47 bits per heavy atom. The molecule has 1 aromatic heterocycles. The first kappa shape index (κ1) is 12.7. The quantitative estimate of drug-likeness (QED) is 0.754. The molecule has 1 rings (SSSR count). The number of nitrogens with zero attached hydrogens (tertiary/aromatic N) is 5. The molecule has 1 aromatic rings. The highest BCUT2D eigenvalue weighted by atomic mass is 16.2. The summed E-state index contributed by atoms with van der Waals surface area (Å²) in [6.45, 7) is 0.511. The Bertz CT molecular complexity index is 489. The molecular formula is C11H13N5O.